The lowest BCUT2D eigenvalue weighted by Gasteiger charge is -2.09. The third-order valence-corrected chi connectivity index (χ3v) is 3.31. The molecule has 2 aromatic rings. The van der Waals surface area contributed by atoms with E-state index in [0.717, 1.165) is 24.5 Å². The minimum Gasteiger partial charge on any atom is -0.493 e. The molecule has 19 heavy (non-hydrogen) atoms. The fourth-order valence-electron chi connectivity index (χ4n) is 2.33. The molecular formula is C15H18N2O2. The number of rotatable bonds is 5. The predicted molar refractivity (Wildman–Crippen MR) is 72.7 cm³/mol. The normalized spacial score (nSPS) is 17.0. The first-order valence-electron chi connectivity index (χ1n) is 6.74. The molecule has 0 radical (unpaired) electrons. The zero-order valence-electron chi connectivity index (χ0n) is 11.1. The van der Waals surface area contributed by atoms with Crippen molar-refractivity contribution < 1.29 is 9.47 Å². The van der Waals surface area contributed by atoms with Crippen LogP contribution >= 0.6 is 0 Å². The summed E-state index contributed by atoms with van der Waals surface area (Å²) >= 11 is 0. The maximum Gasteiger partial charge on any atom is 0.157 e. The number of aryl methyl sites for hydroxylation is 1. The smallest absolute Gasteiger partial charge is 0.157 e. The first-order chi connectivity index (χ1) is 9.36. The van der Waals surface area contributed by atoms with Crippen molar-refractivity contribution in [3.05, 3.63) is 42.2 Å². The monoisotopic (exact) mass is 258 g/mol. The van der Waals surface area contributed by atoms with E-state index in [-0.39, 0.29) is 0 Å². The second-order valence-electron chi connectivity index (χ2n) is 4.80. The number of hydrogen-bond donors (Lipinski definition) is 0. The van der Waals surface area contributed by atoms with Crippen LogP contribution in [0.3, 0.4) is 0 Å². The van der Waals surface area contributed by atoms with Crippen LogP contribution in [0.5, 0.6) is 11.5 Å². The summed E-state index contributed by atoms with van der Waals surface area (Å²) in [6.07, 6.45) is 4.80. The summed E-state index contributed by atoms with van der Waals surface area (Å²) in [5.74, 6) is 2.13. The highest BCUT2D eigenvalue weighted by atomic mass is 16.5. The zero-order valence-corrected chi connectivity index (χ0v) is 11.1. The molecule has 100 valence electrons. The van der Waals surface area contributed by atoms with Crippen LogP contribution in [0.2, 0.25) is 0 Å². The van der Waals surface area contributed by atoms with Gasteiger partial charge in [-0.05, 0) is 12.5 Å². The van der Waals surface area contributed by atoms with Crippen molar-refractivity contribution in [1.82, 2.24) is 9.78 Å². The maximum absolute atomic E-state index is 5.81. The molecule has 0 amide bonds. The van der Waals surface area contributed by atoms with Gasteiger partial charge in [0.25, 0.3) is 0 Å². The van der Waals surface area contributed by atoms with E-state index >= 15 is 0 Å². The van der Waals surface area contributed by atoms with Gasteiger partial charge in [0.05, 0.1) is 31.5 Å². The molecule has 0 aliphatic carbocycles. The summed E-state index contributed by atoms with van der Waals surface area (Å²) < 4.78 is 13.4. The van der Waals surface area contributed by atoms with Crippen molar-refractivity contribution >= 4 is 0 Å². The molecule has 4 nitrogen and oxygen atoms in total. The Balaban J connectivity index is 1.61. The van der Waals surface area contributed by atoms with Crippen molar-refractivity contribution in [1.29, 1.82) is 0 Å². The molecular weight excluding hydrogens is 240 g/mol. The Labute approximate surface area is 113 Å². The molecule has 3 rings (SSSR count). The molecule has 2 heterocycles. The van der Waals surface area contributed by atoms with E-state index in [1.165, 1.54) is 5.56 Å². The third-order valence-electron chi connectivity index (χ3n) is 3.31. The number of benzene rings is 1. The minimum atomic E-state index is 0.311. The lowest BCUT2D eigenvalue weighted by Crippen LogP contribution is -2.11. The minimum absolute atomic E-state index is 0.311. The van der Waals surface area contributed by atoms with E-state index in [4.69, 9.17) is 9.47 Å². The number of hydrogen-bond acceptors (Lipinski definition) is 3. The van der Waals surface area contributed by atoms with Gasteiger partial charge in [0.1, 0.15) is 5.75 Å². The molecule has 0 spiro atoms. The molecule has 1 aliphatic rings. The van der Waals surface area contributed by atoms with Crippen LogP contribution in [-0.4, -0.2) is 23.0 Å². The van der Waals surface area contributed by atoms with Crippen molar-refractivity contribution in [2.24, 2.45) is 0 Å². The third kappa shape index (κ3) is 2.57. The molecule has 0 N–H and O–H groups in total. The first-order valence-corrected chi connectivity index (χ1v) is 6.74. The fraction of sp³-hybridized carbons (Fsp3) is 0.400. The van der Waals surface area contributed by atoms with Gasteiger partial charge in [-0.1, -0.05) is 25.1 Å². The Kier molecular flexibility index (Phi) is 3.40. The van der Waals surface area contributed by atoms with Crippen LogP contribution in [0, 0.1) is 0 Å². The quantitative estimate of drug-likeness (QED) is 0.827. The Hall–Kier alpha value is -1.97. The Morgan fingerprint density at radius 2 is 2.32 bits per heavy atom. The molecule has 1 atom stereocenters. The van der Waals surface area contributed by atoms with Gasteiger partial charge in [0.15, 0.2) is 5.75 Å². The molecule has 0 bridgehead atoms. The highest BCUT2D eigenvalue weighted by Crippen LogP contribution is 2.33. The van der Waals surface area contributed by atoms with Crippen LogP contribution in [0.25, 0.3) is 0 Å². The summed E-state index contributed by atoms with van der Waals surface area (Å²) in [6, 6.07) is 8.15. The van der Waals surface area contributed by atoms with Gasteiger partial charge < -0.3 is 9.47 Å². The van der Waals surface area contributed by atoms with E-state index in [9.17, 15) is 0 Å². The topological polar surface area (TPSA) is 36.3 Å². The van der Waals surface area contributed by atoms with E-state index in [2.05, 4.69) is 18.1 Å². The van der Waals surface area contributed by atoms with E-state index in [0.29, 0.717) is 19.1 Å². The molecule has 0 saturated heterocycles. The average molecular weight is 258 g/mol. The maximum atomic E-state index is 5.81. The Morgan fingerprint density at radius 3 is 3.21 bits per heavy atom. The van der Waals surface area contributed by atoms with Crippen molar-refractivity contribution in [3.63, 3.8) is 0 Å². The van der Waals surface area contributed by atoms with Gasteiger partial charge in [-0.25, -0.2) is 0 Å². The number of para-hydroxylation sites is 1. The summed E-state index contributed by atoms with van der Waals surface area (Å²) in [6.45, 7) is 4.39. The van der Waals surface area contributed by atoms with Gasteiger partial charge in [0, 0.05) is 12.1 Å². The summed E-state index contributed by atoms with van der Waals surface area (Å²) in [5.41, 5.74) is 1.24. The molecule has 1 aromatic carbocycles. The molecule has 1 aliphatic heterocycles. The van der Waals surface area contributed by atoms with E-state index in [1.54, 1.807) is 6.20 Å². The molecule has 4 heteroatoms. The molecule has 1 aromatic heterocycles. The zero-order chi connectivity index (χ0) is 13.1. The van der Waals surface area contributed by atoms with Crippen LogP contribution in [0.15, 0.2) is 36.7 Å². The first kappa shape index (κ1) is 12.1. The van der Waals surface area contributed by atoms with Crippen LogP contribution in [0.1, 0.15) is 24.8 Å². The summed E-state index contributed by atoms with van der Waals surface area (Å²) in [4.78, 5) is 0. The van der Waals surface area contributed by atoms with Crippen molar-refractivity contribution in [2.45, 2.75) is 25.8 Å². The van der Waals surface area contributed by atoms with Crippen molar-refractivity contribution in [2.75, 3.05) is 13.2 Å². The average Bonchev–Trinajstić information content (AvgIpc) is 3.04. The van der Waals surface area contributed by atoms with Gasteiger partial charge in [-0.2, -0.15) is 5.10 Å². The fourth-order valence-corrected chi connectivity index (χ4v) is 2.33. The molecule has 0 saturated carbocycles. The van der Waals surface area contributed by atoms with Crippen molar-refractivity contribution in [3.8, 4) is 11.5 Å². The number of fused-ring (bicyclic) bond motifs is 1. The lowest BCUT2D eigenvalue weighted by molar-refractivity contribution is 0.248. The summed E-state index contributed by atoms with van der Waals surface area (Å²) in [5, 5.41) is 4.26. The Morgan fingerprint density at radius 1 is 1.42 bits per heavy atom. The lowest BCUT2D eigenvalue weighted by atomic mass is 10.0. The predicted octanol–water partition coefficient (Wildman–Crippen LogP) is 2.85. The standard InChI is InChI=1S/C15H18N2O2/c1-2-7-17-9-13(8-16-17)18-10-12-11-19-15-6-4-3-5-14(12)15/h3-6,8-9,12H,2,7,10-11H2,1H3. The van der Waals surface area contributed by atoms with Gasteiger partial charge in [0.2, 0.25) is 0 Å². The van der Waals surface area contributed by atoms with Crippen LogP contribution in [-0.2, 0) is 6.54 Å². The second kappa shape index (κ2) is 5.34. The van der Waals surface area contributed by atoms with Crippen LogP contribution in [0.4, 0.5) is 0 Å². The number of ether oxygens (including phenoxy) is 2. The SMILES string of the molecule is CCCn1cc(OCC2COc3ccccc32)cn1. The van der Waals surface area contributed by atoms with Gasteiger partial charge in [-0.3, -0.25) is 4.68 Å². The van der Waals surface area contributed by atoms with Gasteiger partial charge in [-0.15, -0.1) is 0 Å². The van der Waals surface area contributed by atoms with Crippen LogP contribution < -0.4 is 9.47 Å². The van der Waals surface area contributed by atoms with E-state index < -0.39 is 0 Å². The van der Waals surface area contributed by atoms with Gasteiger partial charge >= 0.3 is 0 Å². The highest BCUT2D eigenvalue weighted by molar-refractivity contribution is 5.39. The second-order valence-corrected chi connectivity index (χ2v) is 4.80. The highest BCUT2D eigenvalue weighted by Gasteiger charge is 2.24. The summed E-state index contributed by atoms with van der Waals surface area (Å²) in [7, 11) is 0. The molecule has 0 fully saturated rings. The largest absolute Gasteiger partial charge is 0.493 e. The van der Waals surface area contributed by atoms with E-state index in [1.807, 2.05) is 29.1 Å². The molecule has 1 unspecified atom stereocenters. The Bertz CT molecular complexity index is 551. The number of nitrogens with zero attached hydrogens (tertiary/aromatic N) is 2. The number of aromatic nitrogens is 2.